The molecule has 0 saturated carbocycles. The van der Waals surface area contributed by atoms with E-state index in [-0.39, 0.29) is 5.91 Å². The van der Waals surface area contributed by atoms with Gasteiger partial charge in [0.05, 0.1) is 0 Å². The summed E-state index contributed by atoms with van der Waals surface area (Å²) in [7, 11) is 0. The molecule has 0 heterocycles. The van der Waals surface area contributed by atoms with Crippen molar-refractivity contribution < 1.29 is 4.79 Å². The Morgan fingerprint density at radius 1 is 1.00 bits per heavy atom. The standard InChI is InChI=1S/C19H24N2O/c1-15-8-10-18(11-9-15)19(22)21-13-12-20-14-16(2)17-6-4-3-5-7-17/h3-11,16,20H,12-14H2,1-2H3,(H,21,22). The third-order valence-corrected chi connectivity index (χ3v) is 3.72. The summed E-state index contributed by atoms with van der Waals surface area (Å²) in [5.74, 6) is 0.451. The van der Waals surface area contributed by atoms with E-state index in [4.69, 9.17) is 0 Å². The minimum Gasteiger partial charge on any atom is -0.351 e. The molecule has 3 nitrogen and oxygen atoms in total. The summed E-state index contributed by atoms with van der Waals surface area (Å²) in [6.45, 7) is 6.53. The average molecular weight is 296 g/mol. The van der Waals surface area contributed by atoms with Gasteiger partial charge in [0.25, 0.3) is 5.91 Å². The van der Waals surface area contributed by atoms with Crippen molar-refractivity contribution in [3.05, 3.63) is 71.3 Å². The molecular formula is C19H24N2O. The first-order valence-electron chi connectivity index (χ1n) is 7.77. The minimum absolute atomic E-state index is 0.0158. The zero-order valence-electron chi connectivity index (χ0n) is 13.3. The number of benzene rings is 2. The topological polar surface area (TPSA) is 41.1 Å². The van der Waals surface area contributed by atoms with Crippen molar-refractivity contribution in [2.75, 3.05) is 19.6 Å². The van der Waals surface area contributed by atoms with E-state index >= 15 is 0 Å². The second-order valence-corrected chi connectivity index (χ2v) is 5.64. The first-order chi connectivity index (χ1) is 10.7. The van der Waals surface area contributed by atoms with Gasteiger partial charge >= 0.3 is 0 Å². The summed E-state index contributed by atoms with van der Waals surface area (Å²) in [6.07, 6.45) is 0. The molecular weight excluding hydrogens is 272 g/mol. The van der Waals surface area contributed by atoms with E-state index in [9.17, 15) is 4.79 Å². The Balaban J connectivity index is 1.65. The van der Waals surface area contributed by atoms with Gasteiger partial charge in [-0.1, -0.05) is 55.0 Å². The number of aryl methyl sites for hydroxylation is 1. The summed E-state index contributed by atoms with van der Waals surface area (Å²) in [4.78, 5) is 11.9. The number of hydrogen-bond acceptors (Lipinski definition) is 2. The van der Waals surface area contributed by atoms with E-state index in [0.29, 0.717) is 18.0 Å². The Kier molecular flexibility index (Phi) is 6.16. The maximum atomic E-state index is 11.9. The zero-order valence-corrected chi connectivity index (χ0v) is 13.3. The van der Waals surface area contributed by atoms with Crippen LogP contribution in [0.2, 0.25) is 0 Å². The lowest BCUT2D eigenvalue weighted by Gasteiger charge is -2.13. The van der Waals surface area contributed by atoms with Crippen LogP contribution in [0.3, 0.4) is 0 Å². The molecule has 0 spiro atoms. The molecule has 1 unspecified atom stereocenters. The van der Waals surface area contributed by atoms with Crippen LogP contribution in [0.4, 0.5) is 0 Å². The molecule has 2 N–H and O–H groups in total. The highest BCUT2D eigenvalue weighted by molar-refractivity contribution is 5.94. The number of amides is 1. The Hall–Kier alpha value is -2.13. The van der Waals surface area contributed by atoms with Crippen LogP contribution in [-0.2, 0) is 0 Å². The monoisotopic (exact) mass is 296 g/mol. The van der Waals surface area contributed by atoms with Gasteiger partial charge in [-0.25, -0.2) is 0 Å². The molecule has 0 aliphatic heterocycles. The van der Waals surface area contributed by atoms with Gasteiger partial charge in [-0.3, -0.25) is 4.79 Å². The highest BCUT2D eigenvalue weighted by Gasteiger charge is 2.05. The van der Waals surface area contributed by atoms with Crippen LogP contribution in [0.1, 0.15) is 34.3 Å². The molecule has 2 rings (SSSR count). The van der Waals surface area contributed by atoms with Gasteiger partial charge in [-0.15, -0.1) is 0 Å². The number of carbonyl (C=O) groups excluding carboxylic acids is 1. The Morgan fingerprint density at radius 3 is 2.36 bits per heavy atom. The van der Waals surface area contributed by atoms with E-state index in [0.717, 1.165) is 18.7 Å². The second-order valence-electron chi connectivity index (χ2n) is 5.64. The predicted octanol–water partition coefficient (Wildman–Crippen LogP) is 3.12. The fourth-order valence-electron chi connectivity index (χ4n) is 2.29. The predicted molar refractivity (Wildman–Crippen MR) is 91.2 cm³/mol. The fraction of sp³-hybridized carbons (Fsp3) is 0.316. The molecule has 0 aliphatic carbocycles. The summed E-state index contributed by atoms with van der Waals surface area (Å²) in [6, 6.07) is 18.1. The van der Waals surface area contributed by atoms with Crippen LogP contribution in [0, 0.1) is 6.92 Å². The Labute approximate surface area is 132 Å². The van der Waals surface area contributed by atoms with Crippen molar-refractivity contribution in [2.45, 2.75) is 19.8 Å². The molecule has 0 saturated heterocycles. The molecule has 116 valence electrons. The molecule has 0 radical (unpaired) electrons. The lowest BCUT2D eigenvalue weighted by molar-refractivity contribution is 0.0954. The third kappa shape index (κ3) is 5.01. The molecule has 22 heavy (non-hydrogen) atoms. The van der Waals surface area contributed by atoms with Gasteiger partial charge in [0.2, 0.25) is 0 Å². The normalized spacial score (nSPS) is 11.9. The number of rotatable bonds is 7. The van der Waals surface area contributed by atoms with E-state index in [1.165, 1.54) is 5.56 Å². The Morgan fingerprint density at radius 2 is 1.68 bits per heavy atom. The van der Waals surface area contributed by atoms with Crippen LogP contribution in [0.5, 0.6) is 0 Å². The highest BCUT2D eigenvalue weighted by Crippen LogP contribution is 2.12. The average Bonchev–Trinajstić information content (AvgIpc) is 2.55. The molecule has 1 atom stereocenters. The Bertz CT molecular complexity index is 578. The molecule has 2 aromatic rings. The van der Waals surface area contributed by atoms with Crippen LogP contribution in [0.25, 0.3) is 0 Å². The summed E-state index contributed by atoms with van der Waals surface area (Å²) in [5, 5.41) is 6.32. The summed E-state index contributed by atoms with van der Waals surface area (Å²) < 4.78 is 0. The minimum atomic E-state index is -0.0158. The molecule has 0 aromatic heterocycles. The maximum Gasteiger partial charge on any atom is 0.251 e. The highest BCUT2D eigenvalue weighted by atomic mass is 16.1. The molecule has 1 amide bonds. The zero-order chi connectivity index (χ0) is 15.8. The number of hydrogen-bond donors (Lipinski definition) is 2. The van der Waals surface area contributed by atoms with E-state index in [1.54, 1.807) is 0 Å². The molecule has 0 fully saturated rings. The second kappa shape index (κ2) is 8.35. The van der Waals surface area contributed by atoms with Crippen molar-refractivity contribution >= 4 is 5.91 Å². The van der Waals surface area contributed by atoms with E-state index in [1.807, 2.05) is 37.3 Å². The molecule has 0 aliphatic rings. The third-order valence-electron chi connectivity index (χ3n) is 3.72. The molecule has 0 bridgehead atoms. The van der Waals surface area contributed by atoms with Crippen LogP contribution >= 0.6 is 0 Å². The van der Waals surface area contributed by atoms with Crippen molar-refractivity contribution in [1.82, 2.24) is 10.6 Å². The van der Waals surface area contributed by atoms with Crippen molar-refractivity contribution in [2.24, 2.45) is 0 Å². The van der Waals surface area contributed by atoms with Crippen molar-refractivity contribution in [1.29, 1.82) is 0 Å². The molecule has 2 aromatic carbocycles. The van der Waals surface area contributed by atoms with E-state index in [2.05, 4.69) is 41.8 Å². The first-order valence-corrected chi connectivity index (χ1v) is 7.77. The quantitative estimate of drug-likeness (QED) is 0.771. The van der Waals surface area contributed by atoms with E-state index < -0.39 is 0 Å². The summed E-state index contributed by atoms with van der Waals surface area (Å²) in [5.41, 5.74) is 3.20. The number of carbonyl (C=O) groups is 1. The molecule has 3 heteroatoms. The van der Waals surface area contributed by atoms with Crippen molar-refractivity contribution in [3.8, 4) is 0 Å². The van der Waals surface area contributed by atoms with Gasteiger partial charge in [0.1, 0.15) is 0 Å². The van der Waals surface area contributed by atoms with Gasteiger partial charge < -0.3 is 10.6 Å². The fourth-order valence-corrected chi connectivity index (χ4v) is 2.29. The first kappa shape index (κ1) is 16.2. The summed E-state index contributed by atoms with van der Waals surface area (Å²) >= 11 is 0. The van der Waals surface area contributed by atoms with Crippen LogP contribution in [0.15, 0.2) is 54.6 Å². The number of nitrogens with one attached hydrogen (secondary N) is 2. The maximum absolute atomic E-state index is 11.9. The SMILES string of the molecule is Cc1ccc(C(=O)NCCNCC(C)c2ccccc2)cc1. The smallest absolute Gasteiger partial charge is 0.251 e. The lowest BCUT2D eigenvalue weighted by atomic mass is 10.0. The van der Waals surface area contributed by atoms with Gasteiger partial charge in [0, 0.05) is 25.2 Å². The van der Waals surface area contributed by atoms with Gasteiger partial charge in [-0.05, 0) is 30.5 Å². The van der Waals surface area contributed by atoms with Crippen molar-refractivity contribution in [3.63, 3.8) is 0 Å². The van der Waals surface area contributed by atoms with Gasteiger partial charge in [-0.2, -0.15) is 0 Å². The largest absolute Gasteiger partial charge is 0.351 e. The van der Waals surface area contributed by atoms with Gasteiger partial charge in [0.15, 0.2) is 0 Å². The van der Waals surface area contributed by atoms with Crippen LogP contribution < -0.4 is 10.6 Å². The van der Waals surface area contributed by atoms with Crippen LogP contribution in [-0.4, -0.2) is 25.5 Å². The lowest BCUT2D eigenvalue weighted by Crippen LogP contribution is -2.33.